The molecule has 0 fully saturated rings. The number of rotatable bonds is 1. The van der Waals surface area contributed by atoms with Crippen molar-refractivity contribution < 1.29 is 4.92 Å². The van der Waals surface area contributed by atoms with E-state index < -0.39 is 0 Å². The summed E-state index contributed by atoms with van der Waals surface area (Å²) in [6.07, 6.45) is 0. The van der Waals surface area contributed by atoms with Gasteiger partial charge in [0.05, 0.1) is 4.92 Å². The molecule has 5 heteroatoms. The number of aryl methyl sites for hydroxylation is 1. The molecular weight excluding hydrogens is 218 g/mol. The van der Waals surface area contributed by atoms with Crippen LogP contribution in [0.4, 0.5) is 5.00 Å². The van der Waals surface area contributed by atoms with Crippen LogP contribution in [0.5, 0.6) is 0 Å². The van der Waals surface area contributed by atoms with Gasteiger partial charge >= 0.3 is 5.00 Å². The quantitative estimate of drug-likeness (QED) is 0.541. The average Bonchev–Trinajstić information content (AvgIpc) is 2.10. The summed E-state index contributed by atoms with van der Waals surface area (Å²) < 4.78 is 0.569. The predicted octanol–water partition coefficient (Wildman–Crippen LogP) is 2.73. The lowest BCUT2D eigenvalue weighted by Gasteiger charge is -1.81. The second kappa shape index (κ2) is 2.67. The highest BCUT2D eigenvalue weighted by Crippen LogP contribution is 2.33. The molecule has 0 saturated heterocycles. The van der Waals surface area contributed by atoms with Gasteiger partial charge < -0.3 is 0 Å². The van der Waals surface area contributed by atoms with Crippen molar-refractivity contribution in [3.8, 4) is 0 Å². The number of halogens is 1. The largest absolute Gasteiger partial charge is 0.338 e. The zero-order valence-electron chi connectivity index (χ0n) is 5.13. The Hall–Kier alpha value is -0.420. The Bertz CT molecular complexity index is 271. The molecule has 0 aliphatic heterocycles. The molecule has 0 amide bonds. The van der Waals surface area contributed by atoms with E-state index in [4.69, 9.17) is 0 Å². The van der Waals surface area contributed by atoms with Crippen molar-refractivity contribution in [2.75, 3.05) is 0 Å². The number of hydrogen-bond donors (Lipinski definition) is 0. The van der Waals surface area contributed by atoms with E-state index in [-0.39, 0.29) is 9.92 Å². The molecule has 0 saturated carbocycles. The molecule has 0 spiro atoms. The Morgan fingerprint density at radius 1 is 1.80 bits per heavy atom. The SMILES string of the molecule is Cc1cc(Br)c([N+](=O)[O-])s1. The normalized spacial score (nSPS) is 9.80. The third-order valence-corrected chi connectivity index (χ3v) is 2.83. The van der Waals surface area contributed by atoms with Crippen molar-refractivity contribution in [1.82, 2.24) is 0 Å². The number of nitrogens with zero attached hydrogens (tertiary/aromatic N) is 1. The Morgan fingerprint density at radius 2 is 2.40 bits per heavy atom. The van der Waals surface area contributed by atoms with Crippen molar-refractivity contribution in [3.63, 3.8) is 0 Å². The maximum Gasteiger partial charge on any atom is 0.338 e. The van der Waals surface area contributed by atoms with Gasteiger partial charge in [-0.05, 0) is 28.9 Å². The van der Waals surface area contributed by atoms with Gasteiger partial charge in [0.2, 0.25) is 0 Å². The van der Waals surface area contributed by atoms with Crippen LogP contribution in [0.15, 0.2) is 10.5 Å². The molecule has 1 aromatic rings. The first-order valence-corrected chi connectivity index (χ1v) is 4.12. The molecule has 54 valence electrons. The molecule has 0 bridgehead atoms. The predicted molar refractivity (Wildman–Crippen MR) is 43.4 cm³/mol. The van der Waals surface area contributed by atoms with Crippen LogP contribution in [0.1, 0.15) is 4.88 Å². The lowest BCUT2D eigenvalue weighted by molar-refractivity contribution is -0.380. The van der Waals surface area contributed by atoms with Crippen LogP contribution in [0.2, 0.25) is 0 Å². The van der Waals surface area contributed by atoms with E-state index in [1.165, 1.54) is 11.3 Å². The summed E-state index contributed by atoms with van der Waals surface area (Å²) in [5.74, 6) is 0. The monoisotopic (exact) mass is 221 g/mol. The van der Waals surface area contributed by atoms with E-state index in [0.29, 0.717) is 4.47 Å². The van der Waals surface area contributed by atoms with E-state index in [2.05, 4.69) is 15.9 Å². The minimum absolute atomic E-state index is 0.178. The van der Waals surface area contributed by atoms with Gasteiger partial charge in [-0.1, -0.05) is 11.3 Å². The van der Waals surface area contributed by atoms with Crippen LogP contribution in [0.3, 0.4) is 0 Å². The maximum atomic E-state index is 10.2. The van der Waals surface area contributed by atoms with Gasteiger partial charge in [0.25, 0.3) is 0 Å². The Labute approximate surface area is 70.0 Å². The summed E-state index contributed by atoms with van der Waals surface area (Å²) in [7, 11) is 0. The van der Waals surface area contributed by atoms with E-state index >= 15 is 0 Å². The van der Waals surface area contributed by atoms with Crippen LogP contribution in [-0.4, -0.2) is 4.92 Å². The average molecular weight is 222 g/mol. The standard InChI is InChI=1S/C5H4BrNO2S/c1-3-2-4(6)5(10-3)7(8)9/h2H,1H3. The highest BCUT2D eigenvalue weighted by molar-refractivity contribution is 9.10. The minimum Gasteiger partial charge on any atom is -0.258 e. The smallest absolute Gasteiger partial charge is 0.258 e. The zero-order valence-corrected chi connectivity index (χ0v) is 7.53. The fourth-order valence-corrected chi connectivity index (χ4v) is 2.19. The molecule has 1 rings (SSSR count). The minimum atomic E-state index is -0.387. The van der Waals surface area contributed by atoms with Gasteiger partial charge in [-0.15, -0.1) is 0 Å². The van der Waals surface area contributed by atoms with Gasteiger partial charge in [-0.3, -0.25) is 10.1 Å². The molecule has 1 aromatic heterocycles. The fourth-order valence-electron chi connectivity index (χ4n) is 0.595. The van der Waals surface area contributed by atoms with E-state index in [0.717, 1.165) is 4.88 Å². The maximum absolute atomic E-state index is 10.2. The first-order chi connectivity index (χ1) is 4.61. The molecule has 10 heavy (non-hydrogen) atoms. The lowest BCUT2D eigenvalue weighted by Crippen LogP contribution is -1.82. The summed E-state index contributed by atoms with van der Waals surface area (Å²) in [5.41, 5.74) is 0. The first-order valence-electron chi connectivity index (χ1n) is 2.51. The molecule has 0 aromatic carbocycles. The molecule has 0 aliphatic rings. The van der Waals surface area contributed by atoms with Crippen molar-refractivity contribution >= 4 is 32.3 Å². The molecule has 1 heterocycles. The van der Waals surface area contributed by atoms with Crippen LogP contribution >= 0.6 is 27.3 Å². The van der Waals surface area contributed by atoms with Crippen molar-refractivity contribution in [1.29, 1.82) is 0 Å². The first kappa shape index (κ1) is 7.68. The topological polar surface area (TPSA) is 43.1 Å². The van der Waals surface area contributed by atoms with E-state index in [9.17, 15) is 10.1 Å². The van der Waals surface area contributed by atoms with Gasteiger partial charge in [0, 0.05) is 4.88 Å². The summed E-state index contributed by atoms with van der Waals surface area (Å²) >= 11 is 4.26. The van der Waals surface area contributed by atoms with Gasteiger partial charge in [-0.2, -0.15) is 0 Å². The third kappa shape index (κ3) is 1.35. The van der Waals surface area contributed by atoms with Crippen LogP contribution in [-0.2, 0) is 0 Å². The molecule has 0 N–H and O–H groups in total. The second-order valence-electron chi connectivity index (χ2n) is 1.77. The second-order valence-corrected chi connectivity index (χ2v) is 3.86. The molecule has 3 nitrogen and oxygen atoms in total. The van der Waals surface area contributed by atoms with Gasteiger partial charge in [-0.25, -0.2) is 0 Å². The van der Waals surface area contributed by atoms with Crippen LogP contribution in [0.25, 0.3) is 0 Å². The fraction of sp³-hybridized carbons (Fsp3) is 0.200. The van der Waals surface area contributed by atoms with E-state index in [1.54, 1.807) is 6.07 Å². The number of hydrogen-bond acceptors (Lipinski definition) is 3. The summed E-state index contributed by atoms with van der Waals surface area (Å²) in [6, 6.07) is 1.74. The highest BCUT2D eigenvalue weighted by Gasteiger charge is 2.14. The highest BCUT2D eigenvalue weighted by atomic mass is 79.9. The molecule has 0 atom stereocenters. The molecule has 0 radical (unpaired) electrons. The number of thiophene rings is 1. The Balaban J connectivity index is 3.15. The molecule has 0 unspecified atom stereocenters. The molecule has 0 aliphatic carbocycles. The molecular formula is C5H4BrNO2S. The van der Waals surface area contributed by atoms with Crippen molar-refractivity contribution in [2.24, 2.45) is 0 Å². The van der Waals surface area contributed by atoms with E-state index in [1.807, 2.05) is 6.92 Å². The van der Waals surface area contributed by atoms with Gasteiger partial charge in [0.1, 0.15) is 4.47 Å². The third-order valence-electron chi connectivity index (χ3n) is 0.958. The summed E-state index contributed by atoms with van der Waals surface area (Å²) in [6.45, 7) is 1.84. The van der Waals surface area contributed by atoms with Crippen LogP contribution < -0.4 is 0 Å². The van der Waals surface area contributed by atoms with Crippen molar-refractivity contribution in [3.05, 3.63) is 25.5 Å². The Kier molecular flexibility index (Phi) is 2.05. The van der Waals surface area contributed by atoms with Crippen molar-refractivity contribution in [2.45, 2.75) is 6.92 Å². The van der Waals surface area contributed by atoms with Gasteiger partial charge in [0.15, 0.2) is 0 Å². The zero-order chi connectivity index (χ0) is 7.72. The number of nitro groups is 1. The van der Waals surface area contributed by atoms with Crippen LogP contribution in [0, 0.1) is 17.0 Å². The lowest BCUT2D eigenvalue weighted by atomic mass is 10.5. The Morgan fingerprint density at radius 3 is 2.60 bits per heavy atom. The summed E-state index contributed by atoms with van der Waals surface area (Å²) in [5, 5.41) is 10.4. The summed E-state index contributed by atoms with van der Waals surface area (Å²) in [4.78, 5) is 10.8.